The molecule has 0 unspecified atom stereocenters. The summed E-state index contributed by atoms with van der Waals surface area (Å²) in [7, 11) is -1.73. The van der Waals surface area contributed by atoms with Crippen LogP contribution in [0.2, 0.25) is 18.1 Å². The van der Waals surface area contributed by atoms with Crippen LogP contribution < -0.4 is 0 Å². The van der Waals surface area contributed by atoms with Gasteiger partial charge in [-0.15, -0.1) is 6.58 Å². The Kier molecular flexibility index (Phi) is 4.48. The highest BCUT2D eigenvalue weighted by molar-refractivity contribution is 6.74. The summed E-state index contributed by atoms with van der Waals surface area (Å²) in [6, 6.07) is 0. The van der Waals surface area contributed by atoms with Gasteiger partial charge in [0.2, 0.25) is 0 Å². The predicted octanol–water partition coefficient (Wildman–Crippen LogP) is 3.71. The second-order valence-electron chi connectivity index (χ2n) is 6.95. The first-order valence-electron chi connectivity index (χ1n) is 6.61. The van der Waals surface area contributed by atoms with Crippen LogP contribution in [0, 0.1) is 0 Å². The molecule has 106 valence electrons. The highest BCUT2D eigenvalue weighted by Gasteiger charge is 2.43. The third kappa shape index (κ3) is 3.67. The quantitative estimate of drug-likeness (QED) is 0.577. The second kappa shape index (κ2) is 5.08. The van der Waals surface area contributed by atoms with E-state index in [0.717, 1.165) is 0 Å². The lowest BCUT2D eigenvalue weighted by Crippen LogP contribution is -2.43. The first-order chi connectivity index (χ1) is 7.98. The SMILES string of the molecule is C=C[C@H]1OC(C)(C)O[C@@H]1CO[Si](C)(C)C(C)(C)C. The number of hydrogen-bond acceptors (Lipinski definition) is 3. The molecule has 0 spiro atoms. The maximum atomic E-state index is 6.19. The van der Waals surface area contributed by atoms with E-state index in [-0.39, 0.29) is 17.2 Å². The van der Waals surface area contributed by atoms with Gasteiger partial charge in [-0.1, -0.05) is 26.8 Å². The lowest BCUT2D eigenvalue weighted by Gasteiger charge is -2.37. The molecule has 18 heavy (non-hydrogen) atoms. The molecular formula is C14H28O3Si. The van der Waals surface area contributed by atoms with Crippen molar-refractivity contribution in [1.82, 2.24) is 0 Å². The fourth-order valence-corrected chi connectivity index (χ4v) is 2.71. The molecule has 0 N–H and O–H groups in total. The fraction of sp³-hybridized carbons (Fsp3) is 0.857. The molecule has 0 aromatic heterocycles. The highest BCUT2D eigenvalue weighted by atomic mass is 28.4. The maximum absolute atomic E-state index is 6.19. The lowest BCUT2D eigenvalue weighted by molar-refractivity contribution is -0.145. The zero-order valence-corrected chi connectivity index (χ0v) is 13.9. The van der Waals surface area contributed by atoms with Crippen molar-refractivity contribution in [2.75, 3.05) is 6.61 Å². The zero-order chi connectivity index (χ0) is 14.2. The summed E-state index contributed by atoms with van der Waals surface area (Å²) < 4.78 is 17.8. The van der Waals surface area contributed by atoms with Gasteiger partial charge in [0.25, 0.3) is 0 Å². The Morgan fingerprint density at radius 2 is 1.83 bits per heavy atom. The van der Waals surface area contributed by atoms with Crippen LogP contribution in [0.5, 0.6) is 0 Å². The third-order valence-electron chi connectivity index (χ3n) is 3.87. The van der Waals surface area contributed by atoms with Crippen LogP contribution in [-0.4, -0.2) is 32.9 Å². The first-order valence-corrected chi connectivity index (χ1v) is 9.51. The molecule has 1 fully saturated rings. The normalized spacial score (nSPS) is 28.4. The van der Waals surface area contributed by atoms with Crippen molar-refractivity contribution in [1.29, 1.82) is 0 Å². The Bertz CT molecular complexity index is 305. The molecule has 0 aliphatic carbocycles. The smallest absolute Gasteiger partial charge is 0.192 e. The monoisotopic (exact) mass is 272 g/mol. The van der Waals surface area contributed by atoms with Crippen molar-refractivity contribution in [3.63, 3.8) is 0 Å². The van der Waals surface area contributed by atoms with Crippen LogP contribution in [0.1, 0.15) is 34.6 Å². The summed E-state index contributed by atoms with van der Waals surface area (Å²) in [6.45, 7) is 19.4. The Morgan fingerprint density at radius 1 is 1.28 bits per heavy atom. The van der Waals surface area contributed by atoms with Gasteiger partial charge < -0.3 is 13.9 Å². The Hall–Kier alpha value is -0.163. The molecule has 1 saturated heterocycles. The van der Waals surface area contributed by atoms with Crippen molar-refractivity contribution in [2.45, 2.75) is 70.7 Å². The topological polar surface area (TPSA) is 27.7 Å². The van der Waals surface area contributed by atoms with E-state index in [1.54, 1.807) is 6.08 Å². The minimum atomic E-state index is -1.73. The number of ether oxygens (including phenoxy) is 2. The van der Waals surface area contributed by atoms with Crippen LogP contribution in [0.15, 0.2) is 12.7 Å². The third-order valence-corrected chi connectivity index (χ3v) is 8.37. The van der Waals surface area contributed by atoms with E-state index in [1.807, 2.05) is 13.8 Å². The van der Waals surface area contributed by atoms with E-state index in [1.165, 1.54) is 0 Å². The average molecular weight is 272 g/mol. The van der Waals surface area contributed by atoms with Crippen LogP contribution in [-0.2, 0) is 13.9 Å². The van der Waals surface area contributed by atoms with Gasteiger partial charge in [0.1, 0.15) is 12.2 Å². The van der Waals surface area contributed by atoms with Crippen molar-refractivity contribution >= 4 is 8.32 Å². The van der Waals surface area contributed by atoms with Gasteiger partial charge in [0.05, 0.1) is 6.61 Å². The zero-order valence-electron chi connectivity index (χ0n) is 12.9. The van der Waals surface area contributed by atoms with E-state index in [9.17, 15) is 0 Å². The van der Waals surface area contributed by atoms with Crippen LogP contribution in [0.3, 0.4) is 0 Å². The fourth-order valence-electron chi connectivity index (χ4n) is 1.70. The molecule has 1 aliphatic rings. The Balaban J connectivity index is 2.61. The van der Waals surface area contributed by atoms with E-state index in [0.29, 0.717) is 6.61 Å². The van der Waals surface area contributed by atoms with Gasteiger partial charge in [0, 0.05) is 0 Å². The van der Waals surface area contributed by atoms with Gasteiger partial charge in [-0.05, 0) is 32.0 Å². The van der Waals surface area contributed by atoms with E-state index < -0.39 is 14.1 Å². The molecule has 0 bridgehead atoms. The summed E-state index contributed by atoms with van der Waals surface area (Å²) in [6.07, 6.45) is 1.67. The van der Waals surface area contributed by atoms with Crippen LogP contribution in [0.4, 0.5) is 0 Å². The van der Waals surface area contributed by atoms with Crippen molar-refractivity contribution < 1.29 is 13.9 Å². The molecule has 3 nitrogen and oxygen atoms in total. The van der Waals surface area contributed by atoms with Crippen LogP contribution in [0.25, 0.3) is 0 Å². The molecule has 0 aromatic carbocycles. The van der Waals surface area contributed by atoms with Crippen molar-refractivity contribution in [3.05, 3.63) is 12.7 Å². The molecule has 1 rings (SSSR count). The molecule has 1 heterocycles. The maximum Gasteiger partial charge on any atom is 0.192 e. The molecule has 0 amide bonds. The lowest BCUT2D eigenvalue weighted by atomic mass is 10.2. The van der Waals surface area contributed by atoms with E-state index in [4.69, 9.17) is 13.9 Å². The van der Waals surface area contributed by atoms with Crippen LogP contribution >= 0.6 is 0 Å². The standard InChI is InChI=1S/C14H28O3Si/c1-9-11-12(17-14(5,6)16-11)10-15-18(7,8)13(2,3)4/h9,11-12H,1,10H2,2-8H3/t11-,12-/m1/s1. The van der Waals surface area contributed by atoms with Gasteiger partial charge in [-0.25, -0.2) is 0 Å². The van der Waals surface area contributed by atoms with E-state index >= 15 is 0 Å². The second-order valence-corrected chi connectivity index (χ2v) is 11.8. The molecule has 0 aromatic rings. The molecule has 0 radical (unpaired) electrons. The van der Waals surface area contributed by atoms with Gasteiger partial charge >= 0.3 is 0 Å². The Labute approximate surface area is 113 Å². The molecule has 0 saturated carbocycles. The van der Waals surface area contributed by atoms with Crippen molar-refractivity contribution in [3.8, 4) is 0 Å². The Morgan fingerprint density at radius 3 is 2.28 bits per heavy atom. The minimum Gasteiger partial charge on any atom is -0.414 e. The summed E-state index contributed by atoms with van der Waals surface area (Å²) in [5.41, 5.74) is 0. The summed E-state index contributed by atoms with van der Waals surface area (Å²) in [4.78, 5) is 0. The van der Waals surface area contributed by atoms with Gasteiger partial charge in [-0.2, -0.15) is 0 Å². The van der Waals surface area contributed by atoms with Crippen molar-refractivity contribution in [2.24, 2.45) is 0 Å². The average Bonchev–Trinajstić information content (AvgIpc) is 2.48. The molecule has 1 aliphatic heterocycles. The van der Waals surface area contributed by atoms with Gasteiger partial charge in [0.15, 0.2) is 14.1 Å². The molecule has 2 atom stereocenters. The summed E-state index contributed by atoms with van der Waals surface area (Å²) in [5, 5.41) is 0.214. The number of rotatable bonds is 4. The molecular weight excluding hydrogens is 244 g/mol. The first kappa shape index (κ1) is 15.9. The largest absolute Gasteiger partial charge is 0.414 e. The number of hydrogen-bond donors (Lipinski definition) is 0. The summed E-state index contributed by atoms with van der Waals surface area (Å²) >= 11 is 0. The molecule has 4 heteroatoms. The predicted molar refractivity (Wildman–Crippen MR) is 77.2 cm³/mol. The van der Waals surface area contributed by atoms with E-state index in [2.05, 4.69) is 40.4 Å². The minimum absolute atomic E-state index is 0.0494. The summed E-state index contributed by atoms with van der Waals surface area (Å²) in [5.74, 6) is -0.541. The highest BCUT2D eigenvalue weighted by Crippen LogP contribution is 2.37. The van der Waals surface area contributed by atoms with Gasteiger partial charge in [-0.3, -0.25) is 0 Å².